The molecule has 2 nitrogen and oxygen atoms in total. The number of thiophene rings is 1. The van der Waals surface area contributed by atoms with Crippen LogP contribution in [0.3, 0.4) is 0 Å². The van der Waals surface area contributed by atoms with Crippen molar-refractivity contribution in [2.75, 3.05) is 13.6 Å². The van der Waals surface area contributed by atoms with Gasteiger partial charge in [0.25, 0.3) is 0 Å². The molecule has 106 valence electrons. The number of carbonyl (C=O) groups is 1. The van der Waals surface area contributed by atoms with Crippen molar-refractivity contribution >= 4 is 17.1 Å². The number of hydrogen-bond donors (Lipinski definition) is 0. The topological polar surface area (TPSA) is 20.3 Å². The van der Waals surface area contributed by atoms with Crippen molar-refractivity contribution < 1.29 is 9.18 Å². The molecule has 0 spiro atoms. The van der Waals surface area contributed by atoms with Gasteiger partial charge in [0, 0.05) is 21.9 Å². The van der Waals surface area contributed by atoms with Gasteiger partial charge in [0.2, 0.25) is 0 Å². The summed E-state index contributed by atoms with van der Waals surface area (Å²) in [6.45, 7) is 4.99. The lowest BCUT2D eigenvalue weighted by Gasteiger charge is -2.15. The van der Waals surface area contributed by atoms with E-state index < -0.39 is 0 Å². The van der Waals surface area contributed by atoms with Crippen molar-refractivity contribution in [3.63, 3.8) is 0 Å². The number of ketones is 1. The Morgan fingerprint density at radius 1 is 1.25 bits per heavy atom. The summed E-state index contributed by atoms with van der Waals surface area (Å²) in [5.74, 6) is -0.103. The molecule has 0 atom stereocenters. The Bertz CT molecular complexity index is 603. The highest BCUT2D eigenvalue weighted by Crippen LogP contribution is 2.21. The minimum absolute atomic E-state index is 0.136. The van der Waals surface area contributed by atoms with Gasteiger partial charge in [-0.3, -0.25) is 9.69 Å². The standard InChI is InChI=1S/C16H18FNOS/c1-11-8-15(12(2)20-11)16(19)10-18(3)9-13-4-6-14(17)7-5-13/h4-8H,9-10H2,1-3H3. The number of benzene rings is 1. The fourth-order valence-electron chi connectivity index (χ4n) is 2.20. The summed E-state index contributed by atoms with van der Waals surface area (Å²) in [5.41, 5.74) is 1.82. The summed E-state index contributed by atoms with van der Waals surface area (Å²) in [7, 11) is 1.90. The lowest BCUT2D eigenvalue weighted by molar-refractivity contribution is 0.0943. The van der Waals surface area contributed by atoms with E-state index in [4.69, 9.17) is 0 Å². The molecule has 20 heavy (non-hydrogen) atoms. The Balaban J connectivity index is 1.97. The molecule has 2 aromatic rings. The van der Waals surface area contributed by atoms with Gasteiger partial charge < -0.3 is 0 Å². The average Bonchev–Trinajstić information content (AvgIpc) is 2.71. The smallest absolute Gasteiger partial charge is 0.177 e. The van der Waals surface area contributed by atoms with Crippen LogP contribution in [-0.2, 0) is 6.54 Å². The molecule has 4 heteroatoms. The fraction of sp³-hybridized carbons (Fsp3) is 0.312. The van der Waals surface area contributed by atoms with Gasteiger partial charge in [-0.1, -0.05) is 12.1 Å². The first-order chi connectivity index (χ1) is 9.45. The molecule has 1 aromatic carbocycles. The van der Waals surface area contributed by atoms with E-state index in [0.29, 0.717) is 13.1 Å². The van der Waals surface area contributed by atoms with Crippen LogP contribution >= 0.6 is 11.3 Å². The Morgan fingerprint density at radius 2 is 1.90 bits per heavy atom. The fourth-order valence-corrected chi connectivity index (χ4v) is 3.14. The second kappa shape index (κ2) is 6.29. The molecule has 2 rings (SSSR count). The van der Waals surface area contributed by atoms with Crippen molar-refractivity contribution in [2.45, 2.75) is 20.4 Å². The quantitative estimate of drug-likeness (QED) is 0.781. The summed E-state index contributed by atoms with van der Waals surface area (Å²) < 4.78 is 12.8. The monoisotopic (exact) mass is 291 g/mol. The molecule has 1 aromatic heterocycles. The second-order valence-corrected chi connectivity index (χ2v) is 6.51. The van der Waals surface area contributed by atoms with Crippen molar-refractivity contribution in [1.29, 1.82) is 0 Å². The predicted octanol–water partition coefficient (Wildman–Crippen LogP) is 3.82. The molecule has 0 amide bonds. The van der Waals surface area contributed by atoms with Gasteiger partial charge in [-0.05, 0) is 44.7 Å². The number of Topliss-reactive ketones (excluding diaryl/α,β-unsaturated/α-hetero) is 1. The first kappa shape index (κ1) is 14.9. The van der Waals surface area contributed by atoms with Crippen LogP contribution in [0.1, 0.15) is 25.7 Å². The summed E-state index contributed by atoms with van der Waals surface area (Å²) in [4.78, 5) is 16.4. The van der Waals surface area contributed by atoms with E-state index in [9.17, 15) is 9.18 Å². The molecule has 0 aliphatic rings. The summed E-state index contributed by atoms with van der Waals surface area (Å²) >= 11 is 1.65. The van der Waals surface area contributed by atoms with Gasteiger partial charge in [0.05, 0.1) is 6.54 Å². The number of likely N-dealkylation sites (N-methyl/N-ethyl adjacent to an activating group) is 1. The third kappa shape index (κ3) is 3.74. The van der Waals surface area contributed by atoms with E-state index in [0.717, 1.165) is 20.9 Å². The molecule has 0 bridgehead atoms. The first-order valence-electron chi connectivity index (χ1n) is 6.49. The molecule has 0 unspecified atom stereocenters. The molecule has 0 aliphatic carbocycles. The average molecular weight is 291 g/mol. The highest BCUT2D eigenvalue weighted by atomic mass is 32.1. The van der Waals surface area contributed by atoms with E-state index in [1.165, 1.54) is 12.1 Å². The molecule has 0 fully saturated rings. The van der Waals surface area contributed by atoms with Crippen molar-refractivity contribution in [3.8, 4) is 0 Å². The number of hydrogen-bond acceptors (Lipinski definition) is 3. The molecule has 1 heterocycles. The van der Waals surface area contributed by atoms with Gasteiger partial charge in [-0.25, -0.2) is 4.39 Å². The Morgan fingerprint density at radius 3 is 2.45 bits per heavy atom. The van der Waals surface area contributed by atoms with E-state index >= 15 is 0 Å². The van der Waals surface area contributed by atoms with E-state index in [1.54, 1.807) is 23.5 Å². The largest absolute Gasteiger partial charge is 0.295 e. The number of halogens is 1. The van der Waals surface area contributed by atoms with Crippen LogP contribution in [0, 0.1) is 19.7 Å². The lowest BCUT2D eigenvalue weighted by atomic mass is 10.1. The van der Waals surface area contributed by atoms with Gasteiger partial charge in [-0.15, -0.1) is 11.3 Å². The molecule has 0 aliphatic heterocycles. The van der Waals surface area contributed by atoms with Crippen molar-refractivity contribution in [3.05, 3.63) is 57.0 Å². The van der Waals surface area contributed by atoms with Crippen LogP contribution < -0.4 is 0 Å². The maximum atomic E-state index is 12.8. The first-order valence-corrected chi connectivity index (χ1v) is 7.30. The Labute approximate surface area is 122 Å². The van der Waals surface area contributed by atoms with E-state index in [1.807, 2.05) is 31.9 Å². The minimum atomic E-state index is -0.239. The zero-order valence-corrected chi connectivity index (χ0v) is 12.8. The minimum Gasteiger partial charge on any atom is -0.295 e. The van der Waals surface area contributed by atoms with Crippen LogP contribution in [0.25, 0.3) is 0 Å². The zero-order valence-electron chi connectivity index (χ0n) is 11.9. The molecule has 0 saturated heterocycles. The molecular formula is C16H18FNOS. The summed E-state index contributed by atoms with van der Waals surface area (Å²) in [6.07, 6.45) is 0. The Hall–Kier alpha value is -1.52. The normalized spacial score (nSPS) is 11.1. The second-order valence-electron chi connectivity index (χ2n) is 5.05. The van der Waals surface area contributed by atoms with E-state index in [2.05, 4.69) is 0 Å². The number of carbonyl (C=O) groups excluding carboxylic acids is 1. The SMILES string of the molecule is Cc1cc(C(=O)CN(C)Cc2ccc(F)cc2)c(C)s1. The third-order valence-electron chi connectivity index (χ3n) is 3.12. The van der Waals surface area contributed by atoms with Gasteiger partial charge >= 0.3 is 0 Å². The van der Waals surface area contributed by atoms with E-state index in [-0.39, 0.29) is 11.6 Å². The van der Waals surface area contributed by atoms with Crippen molar-refractivity contribution in [1.82, 2.24) is 4.90 Å². The third-order valence-corrected chi connectivity index (χ3v) is 4.09. The highest BCUT2D eigenvalue weighted by Gasteiger charge is 2.14. The summed E-state index contributed by atoms with van der Waals surface area (Å²) in [5, 5.41) is 0. The maximum Gasteiger partial charge on any atom is 0.177 e. The Kier molecular flexibility index (Phi) is 4.68. The van der Waals surface area contributed by atoms with Crippen LogP contribution in [0.4, 0.5) is 4.39 Å². The predicted molar refractivity (Wildman–Crippen MR) is 80.9 cm³/mol. The number of aryl methyl sites for hydroxylation is 2. The zero-order chi connectivity index (χ0) is 14.7. The number of rotatable bonds is 5. The van der Waals surface area contributed by atoms with Gasteiger partial charge in [-0.2, -0.15) is 0 Å². The van der Waals surface area contributed by atoms with Crippen LogP contribution in [0.15, 0.2) is 30.3 Å². The van der Waals surface area contributed by atoms with Crippen LogP contribution in [0.5, 0.6) is 0 Å². The molecule has 0 radical (unpaired) electrons. The van der Waals surface area contributed by atoms with Crippen LogP contribution in [0.2, 0.25) is 0 Å². The van der Waals surface area contributed by atoms with Crippen molar-refractivity contribution in [2.24, 2.45) is 0 Å². The van der Waals surface area contributed by atoms with Gasteiger partial charge in [0.1, 0.15) is 5.82 Å². The molecular weight excluding hydrogens is 273 g/mol. The molecule has 0 N–H and O–H groups in total. The number of nitrogens with zero attached hydrogens (tertiary/aromatic N) is 1. The van der Waals surface area contributed by atoms with Crippen LogP contribution in [-0.4, -0.2) is 24.3 Å². The molecule has 0 saturated carbocycles. The lowest BCUT2D eigenvalue weighted by Crippen LogP contribution is -2.25. The summed E-state index contributed by atoms with van der Waals surface area (Å²) in [6, 6.07) is 8.33. The maximum absolute atomic E-state index is 12.8. The highest BCUT2D eigenvalue weighted by molar-refractivity contribution is 7.12. The van der Waals surface area contributed by atoms with Gasteiger partial charge in [0.15, 0.2) is 5.78 Å².